The first-order chi connectivity index (χ1) is 9.53. The number of rotatable bonds is 4. The molecule has 1 heterocycles. The maximum Gasteiger partial charge on any atom is 0.143 e. The van der Waals surface area contributed by atoms with Crippen LogP contribution in [0.15, 0.2) is 18.5 Å². The standard InChI is InChI=1S/C15H19FN4/c1-4-15(2,3)12-8-14(20-9-17-18-19-20)11(7-13(12)16)10-5-6-10/h7-10H,4-6H2,1-3H3. The van der Waals surface area contributed by atoms with Gasteiger partial charge in [-0.15, -0.1) is 5.10 Å². The van der Waals surface area contributed by atoms with Gasteiger partial charge in [0.1, 0.15) is 12.1 Å². The van der Waals surface area contributed by atoms with Crippen molar-refractivity contribution in [2.75, 3.05) is 0 Å². The van der Waals surface area contributed by atoms with Gasteiger partial charge in [0.2, 0.25) is 0 Å². The highest BCUT2D eigenvalue weighted by Gasteiger charge is 2.31. The van der Waals surface area contributed by atoms with Crippen LogP contribution in [0.3, 0.4) is 0 Å². The number of aromatic nitrogens is 4. The summed E-state index contributed by atoms with van der Waals surface area (Å²) in [6.45, 7) is 6.20. The smallest absolute Gasteiger partial charge is 0.143 e. The first-order valence-corrected chi connectivity index (χ1v) is 7.10. The summed E-state index contributed by atoms with van der Waals surface area (Å²) in [5.41, 5.74) is 2.46. The Bertz CT molecular complexity index is 615. The highest BCUT2D eigenvalue weighted by Crippen LogP contribution is 2.44. The second-order valence-corrected chi connectivity index (χ2v) is 6.16. The Morgan fingerprint density at radius 3 is 2.65 bits per heavy atom. The van der Waals surface area contributed by atoms with Crippen LogP contribution in [0, 0.1) is 5.82 Å². The Balaban J connectivity index is 2.17. The van der Waals surface area contributed by atoms with E-state index in [2.05, 4.69) is 36.3 Å². The van der Waals surface area contributed by atoms with E-state index in [-0.39, 0.29) is 11.2 Å². The Kier molecular flexibility index (Phi) is 3.07. The van der Waals surface area contributed by atoms with Gasteiger partial charge in [-0.05, 0) is 64.3 Å². The second kappa shape index (κ2) is 4.65. The van der Waals surface area contributed by atoms with E-state index in [1.807, 2.05) is 6.07 Å². The summed E-state index contributed by atoms with van der Waals surface area (Å²) >= 11 is 0. The van der Waals surface area contributed by atoms with Crippen molar-refractivity contribution in [2.45, 2.75) is 51.4 Å². The topological polar surface area (TPSA) is 43.6 Å². The summed E-state index contributed by atoms with van der Waals surface area (Å²) in [6.07, 6.45) is 4.68. The molecule has 1 aromatic heterocycles. The van der Waals surface area contributed by atoms with Gasteiger partial charge in [-0.25, -0.2) is 9.07 Å². The molecule has 1 fully saturated rings. The lowest BCUT2D eigenvalue weighted by Gasteiger charge is -2.25. The van der Waals surface area contributed by atoms with E-state index >= 15 is 0 Å². The molecule has 0 aliphatic heterocycles. The predicted molar refractivity (Wildman–Crippen MR) is 74.4 cm³/mol. The molecule has 1 aliphatic carbocycles. The van der Waals surface area contributed by atoms with Crippen molar-refractivity contribution in [2.24, 2.45) is 0 Å². The first kappa shape index (κ1) is 13.2. The largest absolute Gasteiger partial charge is 0.207 e. The number of halogens is 1. The van der Waals surface area contributed by atoms with E-state index in [1.54, 1.807) is 17.1 Å². The van der Waals surface area contributed by atoms with E-state index in [1.165, 1.54) is 0 Å². The van der Waals surface area contributed by atoms with Gasteiger partial charge in [0.05, 0.1) is 5.69 Å². The van der Waals surface area contributed by atoms with Gasteiger partial charge in [-0.2, -0.15) is 0 Å². The number of tetrazole rings is 1. The van der Waals surface area contributed by atoms with Crippen LogP contribution in [0.2, 0.25) is 0 Å². The molecule has 1 aromatic carbocycles. The lowest BCUT2D eigenvalue weighted by atomic mass is 9.81. The predicted octanol–water partition coefficient (Wildman–Crippen LogP) is 3.37. The van der Waals surface area contributed by atoms with Crippen LogP contribution in [0.4, 0.5) is 4.39 Å². The van der Waals surface area contributed by atoms with E-state index in [4.69, 9.17) is 0 Å². The lowest BCUT2D eigenvalue weighted by Crippen LogP contribution is -2.19. The molecule has 0 bridgehead atoms. The van der Waals surface area contributed by atoms with E-state index in [9.17, 15) is 4.39 Å². The van der Waals surface area contributed by atoms with Crippen LogP contribution < -0.4 is 0 Å². The van der Waals surface area contributed by atoms with Gasteiger partial charge in [0.25, 0.3) is 0 Å². The van der Waals surface area contributed by atoms with Crippen molar-refractivity contribution in [1.82, 2.24) is 20.2 Å². The normalized spacial score (nSPS) is 15.6. The SMILES string of the molecule is CCC(C)(C)c1cc(-n2cnnn2)c(C2CC2)cc1F. The quantitative estimate of drug-likeness (QED) is 0.858. The van der Waals surface area contributed by atoms with Crippen LogP contribution in [0.5, 0.6) is 0 Å². The molecule has 5 heteroatoms. The zero-order valence-electron chi connectivity index (χ0n) is 12.1. The molecule has 0 saturated heterocycles. The number of hydrogen-bond donors (Lipinski definition) is 0. The molecule has 0 N–H and O–H groups in total. The summed E-state index contributed by atoms with van der Waals surface area (Å²) < 4.78 is 16.1. The molecule has 0 radical (unpaired) electrons. The number of benzene rings is 1. The van der Waals surface area contributed by atoms with Gasteiger partial charge >= 0.3 is 0 Å². The third-order valence-electron chi connectivity index (χ3n) is 4.34. The van der Waals surface area contributed by atoms with Crippen molar-refractivity contribution in [3.05, 3.63) is 35.4 Å². The van der Waals surface area contributed by atoms with Gasteiger partial charge in [0, 0.05) is 0 Å². The highest BCUT2D eigenvalue weighted by atomic mass is 19.1. The summed E-state index contributed by atoms with van der Waals surface area (Å²) in [5, 5.41) is 11.4. The molecule has 0 unspecified atom stereocenters. The molecular weight excluding hydrogens is 255 g/mol. The second-order valence-electron chi connectivity index (χ2n) is 6.16. The average Bonchev–Trinajstić information content (AvgIpc) is 3.13. The Morgan fingerprint density at radius 2 is 2.10 bits per heavy atom. The molecule has 1 saturated carbocycles. The minimum Gasteiger partial charge on any atom is -0.207 e. The fourth-order valence-electron chi connectivity index (χ4n) is 2.48. The van der Waals surface area contributed by atoms with Crippen LogP contribution >= 0.6 is 0 Å². The molecule has 0 amide bonds. The van der Waals surface area contributed by atoms with Gasteiger partial charge in [-0.1, -0.05) is 20.8 Å². The van der Waals surface area contributed by atoms with Crippen LogP contribution in [0.1, 0.15) is 57.1 Å². The molecule has 1 aliphatic rings. The van der Waals surface area contributed by atoms with Crippen LogP contribution in [0.25, 0.3) is 5.69 Å². The van der Waals surface area contributed by atoms with E-state index < -0.39 is 0 Å². The third-order valence-corrected chi connectivity index (χ3v) is 4.34. The maximum atomic E-state index is 14.5. The Morgan fingerprint density at radius 1 is 1.35 bits per heavy atom. The number of hydrogen-bond acceptors (Lipinski definition) is 3. The first-order valence-electron chi connectivity index (χ1n) is 7.10. The van der Waals surface area contributed by atoms with Crippen molar-refractivity contribution >= 4 is 0 Å². The van der Waals surface area contributed by atoms with Crippen molar-refractivity contribution in [1.29, 1.82) is 0 Å². The monoisotopic (exact) mass is 274 g/mol. The van der Waals surface area contributed by atoms with E-state index in [0.717, 1.165) is 36.1 Å². The van der Waals surface area contributed by atoms with Crippen molar-refractivity contribution < 1.29 is 4.39 Å². The molecule has 20 heavy (non-hydrogen) atoms. The molecule has 2 aromatic rings. The summed E-state index contributed by atoms with van der Waals surface area (Å²) in [5.74, 6) is 0.332. The molecule has 106 valence electrons. The minimum absolute atomic E-state index is 0.115. The summed E-state index contributed by atoms with van der Waals surface area (Å²) in [7, 11) is 0. The molecular formula is C15H19FN4. The summed E-state index contributed by atoms with van der Waals surface area (Å²) in [6, 6.07) is 3.60. The molecule has 0 atom stereocenters. The third kappa shape index (κ3) is 2.21. The van der Waals surface area contributed by atoms with Crippen molar-refractivity contribution in [3.63, 3.8) is 0 Å². The minimum atomic E-state index is -0.199. The summed E-state index contributed by atoms with van der Waals surface area (Å²) in [4.78, 5) is 0. The zero-order valence-corrected chi connectivity index (χ0v) is 12.1. The molecule has 4 nitrogen and oxygen atoms in total. The van der Waals surface area contributed by atoms with Crippen LogP contribution in [-0.2, 0) is 5.41 Å². The van der Waals surface area contributed by atoms with Gasteiger partial charge in [0.15, 0.2) is 0 Å². The molecule has 0 spiro atoms. The Labute approximate surface area is 118 Å². The Hall–Kier alpha value is -1.78. The van der Waals surface area contributed by atoms with Gasteiger partial charge < -0.3 is 0 Å². The maximum absolute atomic E-state index is 14.5. The fourth-order valence-corrected chi connectivity index (χ4v) is 2.48. The van der Waals surface area contributed by atoms with Crippen LogP contribution in [-0.4, -0.2) is 20.2 Å². The molecule has 3 rings (SSSR count). The van der Waals surface area contributed by atoms with E-state index in [0.29, 0.717) is 5.92 Å². The van der Waals surface area contributed by atoms with Gasteiger partial charge in [-0.3, -0.25) is 0 Å². The van der Waals surface area contributed by atoms with Crippen molar-refractivity contribution in [3.8, 4) is 5.69 Å². The fraction of sp³-hybridized carbons (Fsp3) is 0.533. The lowest BCUT2D eigenvalue weighted by molar-refractivity contribution is 0.468. The average molecular weight is 274 g/mol. The highest BCUT2D eigenvalue weighted by molar-refractivity contribution is 5.49. The number of nitrogens with zero attached hydrogens (tertiary/aromatic N) is 4. The zero-order chi connectivity index (χ0) is 14.3.